The highest BCUT2D eigenvalue weighted by Crippen LogP contribution is 2.34. The maximum absolute atomic E-state index is 13.1. The largest absolute Gasteiger partial charge is 0.486 e. The maximum Gasteiger partial charge on any atom is 0.260 e. The molecule has 0 atom stereocenters. The van der Waals surface area contributed by atoms with Gasteiger partial charge >= 0.3 is 0 Å². The number of ether oxygens (including phenoxy) is 2. The van der Waals surface area contributed by atoms with E-state index in [0.717, 1.165) is 5.69 Å². The number of fused-ring (bicyclic) bond motifs is 2. The topological polar surface area (TPSA) is 76.9 Å². The van der Waals surface area contributed by atoms with Gasteiger partial charge in [0.05, 0.1) is 22.8 Å². The van der Waals surface area contributed by atoms with Gasteiger partial charge in [-0.05, 0) is 30.3 Å². The van der Waals surface area contributed by atoms with E-state index in [0.29, 0.717) is 67.4 Å². The van der Waals surface area contributed by atoms with Gasteiger partial charge in [-0.1, -0.05) is 6.07 Å². The Balaban J connectivity index is 1.32. The number of nitrogens with zero attached hydrogens (tertiary/aromatic N) is 4. The first kappa shape index (κ1) is 18.5. The van der Waals surface area contributed by atoms with Gasteiger partial charge in [-0.15, -0.1) is 0 Å². The molecule has 154 valence electrons. The number of piperazine rings is 1. The monoisotopic (exact) mass is 406 g/mol. The van der Waals surface area contributed by atoms with Crippen molar-refractivity contribution in [2.75, 3.05) is 44.3 Å². The number of carbonyl (C=O) groups excluding carboxylic acids is 1. The SMILES string of the molecule is Cn1cnc2cc(N3CCN(C(=O)c4cccc5c4OCCO5)CC3)ccc2c1=O. The van der Waals surface area contributed by atoms with Gasteiger partial charge in [-0.2, -0.15) is 0 Å². The number of aryl methyl sites for hydroxylation is 1. The molecular formula is C22H22N4O4. The second-order valence-corrected chi connectivity index (χ2v) is 7.47. The fourth-order valence-electron chi connectivity index (χ4n) is 3.98. The average molecular weight is 406 g/mol. The van der Waals surface area contributed by atoms with Crippen molar-refractivity contribution in [3.8, 4) is 11.5 Å². The molecule has 0 spiro atoms. The minimum Gasteiger partial charge on any atom is -0.486 e. The molecule has 2 aromatic carbocycles. The van der Waals surface area contributed by atoms with Crippen molar-refractivity contribution in [1.29, 1.82) is 0 Å². The first-order valence-electron chi connectivity index (χ1n) is 10.00. The lowest BCUT2D eigenvalue weighted by molar-refractivity contribution is 0.0736. The van der Waals surface area contributed by atoms with Crippen LogP contribution < -0.4 is 19.9 Å². The van der Waals surface area contributed by atoms with Crippen molar-refractivity contribution in [3.63, 3.8) is 0 Å². The van der Waals surface area contributed by atoms with Crippen LogP contribution in [0.15, 0.2) is 47.5 Å². The maximum atomic E-state index is 13.1. The van der Waals surface area contributed by atoms with Gasteiger partial charge in [-0.3, -0.25) is 9.59 Å². The number of benzene rings is 2. The Kier molecular flexibility index (Phi) is 4.54. The highest BCUT2D eigenvalue weighted by molar-refractivity contribution is 5.98. The fourth-order valence-corrected chi connectivity index (χ4v) is 3.98. The third-order valence-corrected chi connectivity index (χ3v) is 5.63. The van der Waals surface area contributed by atoms with Crippen molar-refractivity contribution < 1.29 is 14.3 Å². The van der Waals surface area contributed by atoms with Gasteiger partial charge in [0.15, 0.2) is 11.5 Å². The van der Waals surface area contributed by atoms with Crippen LogP contribution in [0.3, 0.4) is 0 Å². The van der Waals surface area contributed by atoms with E-state index in [4.69, 9.17) is 9.47 Å². The first-order valence-corrected chi connectivity index (χ1v) is 10.00. The van der Waals surface area contributed by atoms with Crippen LogP contribution in [-0.2, 0) is 7.05 Å². The molecule has 8 heteroatoms. The van der Waals surface area contributed by atoms with Crippen molar-refractivity contribution >= 4 is 22.5 Å². The lowest BCUT2D eigenvalue weighted by Gasteiger charge is -2.36. The van der Waals surface area contributed by atoms with Crippen LogP contribution in [0.4, 0.5) is 5.69 Å². The smallest absolute Gasteiger partial charge is 0.260 e. The van der Waals surface area contributed by atoms with Gasteiger partial charge in [0, 0.05) is 38.9 Å². The number of para-hydroxylation sites is 1. The molecule has 3 heterocycles. The lowest BCUT2D eigenvalue weighted by Crippen LogP contribution is -2.49. The number of amides is 1. The molecular weight excluding hydrogens is 384 g/mol. The summed E-state index contributed by atoms with van der Waals surface area (Å²) < 4.78 is 12.8. The molecule has 1 saturated heterocycles. The molecule has 8 nitrogen and oxygen atoms in total. The van der Waals surface area contributed by atoms with Gasteiger partial charge < -0.3 is 23.8 Å². The Labute approximate surface area is 173 Å². The molecule has 2 aliphatic rings. The van der Waals surface area contributed by atoms with Crippen LogP contribution in [0.2, 0.25) is 0 Å². The molecule has 3 aromatic rings. The number of hydrogen-bond acceptors (Lipinski definition) is 6. The van der Waals surface area contributed by atoms with Crippen molar-refractivity contribution in [1.82, 2.24) is 14.5 Å². The summed E-state index contributed by atoms with van der Waals surface area (Å²) in [5.41, 5.74) is 2.18. The van der Waals surface area contributed by atoms with Crippen LogP contribution >= 0.6 is 0 Å². The van der Waals surface area contributed by atoms with Gasteiger partial charge in [0.2, 0.25) is 0 Å². The molecule has 1 aromatic heterocycles. The Morgan fingerprint density at radius 1 is 1.03 bits per heavy atom. The molecule has 0 bridgehead atoms. The first-order chi connectivity index (χ1) is 14.6. The summed E-state index contributed by atoms with van der Waals surface area (Å²) in [7, 11) is 1.69. The van der Waals surface area contributed by atoms with E-state index in [9.17, 15) is 9.59 Å². The molecule has 0 N–H and O–H groups in total. The van der Waals surface area contributed by atoms with Crippen LogP contribution in [0.25, 0.3) is 10.9 Å². The van der Waals surface area contributed by atoms with E-state index in [-0.39, 0.29) is 11.5 Å². The van der Waals surface area contributed by atoms with Crippen LogP contribution in [-0.4, -0.2) is 59.8 Å². The summed E-state index contributed by atoms with van der Waals surface area (Å²) in [4.78, 5) is 33.7. The van der Waals surface area contributed by atoms with E-state index in [1.807, 2.05) is 35.2 Å². The Morgan fingerprint density at radius 3 is 2.67 bits per heavy atom. The molecule has 0 aliphatic carbocycles. The quantitative estimate of drug-likeness (QED) is 0.644. The molecule has 5 rings (SSSR count). The van der Waals surface area contributed by atoms with Crippen LogP contribution in [0.5, 0.6) is 11.5 Å². The summed E-state index contributed by atoms with van der Waals surface area (Å²) in [5, 5.41) is 0.605. The normalized spacial score (nSPS) is 16.0. The lowest BCUT2D eigenvalue weighted by atomic mass is 10.1. The number of aromatic nitrogens is 2. The molecule has 30 heavy (non-hydrogen) atoms. The summed E-state index contributed by atoms with van der Waals surface area (Å²) in [6.07, 6.45) is 1.54. The van der Waals surface area contributed by atoms with E-state index in [2.05, 4.69) is 9.88 Å². The molecule has 2 aliphatic heterocycles. The van der Waals surface area contributed by atoms with Crippen molar-refractivity contribution in [2.24, 2.45) is 7.05 Å². The number of rotatable bonds is 2. The highest BCUT2D eigenvalue weighted by atomic mass is 16.6. The zero-order valence-corrected chi connectivity index (χ0v) is 16.7. The summed E-state index contributed by atoms with van der Waals surface area (Å²) in [6.45, 7) is 3.56. The van der Waals surface area contributed by atoms with Crippen LogP contribution in [0, 0.1) is 0 Å². The predicted molar refractivity (Wildman–Crippen MR) is 113 cm³/mol. The van der Waals surface area contributed by atoms with Crippen molar-refractivity contribution in [3.05, 3.63) is 58.6 Å². The third kappa shape index (κ3) is 3.14. The second-order valence-electron chi connectivity index (χ2n) is 7.47. The number of anilines is 1. The Bertz CT molecular complexity index is 1180. The molecule has 1 amide bonds. The van der Waals surface area contributed by atoms with E-state index >= 15 is 0 Å². The van der Waals surface area contributed by atoms with E-state index < -0.39 is 0 Å². The van der Waals surface area contributed by atoms with Gasteiger partial charge in [-0.25, -0.2) is 4.98 Å². The Hall–Kier alpha value is -3.55. The van der Waals surface area contributed by atoms with Crippen LogP contribution in [0.1, 0.15) is 10.4 Å². The zero-order chi connectivity index (χ0) is 20.7. The fraction of sp³-hybridized carbons (Fsp3) is 0.318. The summed E-state index contributed by atoms with van der Waals surface area (Å²) in [5.74, 6) is 1.12. The number of carbonyl (C=O) groups is 1. The average Bonchev–Trinajstić information content (AvgIpc) is 2.80. The predicted octanol–water partition coefficient (Wildman–Crippen LogP) is 1.67. The minimum absolute atomic E-state index is 0.0410. The molecule has 1 fully saturated rings. The van der Waals surface area contributed by atoms with Crippen molar-refractivity contribution in [2.45, 2.75) is 0 Å². The third-order valence-electron chi connectivity index (χ3n) is 5.63. The summed E-state index contributed by atoms with van der Waals surface area (Å²) >= 11 is 0. The summed E-state index contributed by atoms with van der Waals surface area (Å²) in [6, 6.07) is 11.1. The van der Waals surface area contributed by atoms with E-state index in [1.165, 1.54) is 10.9 Å². The van der Waals surface area contributed by atoms with Gasteiger partial charge in [0.1, 0.15) is 13.2 Å². The number of hydrogen-bond donors (Lipinski definition) is 0. The molecule has 0 unspecified atom stereocenters. The standard InChI is InChI=1S/C22H22N4O4/c1-24-14-23-18-13-15(5-6-16(18)21(24)27)25-7-9-26(10-8-25)22(28)17-3-2-4-19-20(17)30-12-11-29-19/h2-6,13-14H,7-12H2,1H3. The Morgan fingerprint density at radius 2 is 1.83 bits per heavy atom. The molecule has 0 radical (unpaired) electrons. The van der Waals surface area contributed by atoms with E-state index in [1.54, 1.807) is 13.1 Å². The highest BCUT2D eigenvalue weighted by Gasteiger charge is 2.27. The minimum atomic E-state index is -0.0562. The second kappa shape index (κ2) is 7.37. The van der Waals surface area contributed by atoms with Gasteiger partial charge in [0.25, 0.3) is 11.5 Å². The molecule has 0 saturated carbocycles. The zero-order valence-electron chi connectivity index (χ0n) is 16.7.